The van der Waals surface area contributed by atoms with Crippen LogP contribution in [0.5, 0.6) is 11.5 Å². The van der Waals surface area contributed by atoms with Crippen molar-refractivity contribution in [2.75, 3.05) is 26.1 Å². The molecular formula is C19H21F2NO4. The van der Waals surface area contributed by atoms with Crippen molar-refractivity contribution in [1.29, 1.82) is 0 Å². The third-order valence-electron chi connectivity index (χ3n) is 3.77. The van der Waals surface area contributed by atoms with Crippen LogP contribution in [0, 0.1) is 0 Å². The molecule has 1 unspecified atom stereocenters. The van der Waals surface area contributed by atoms with Crippen molar-refractivity contribution >= 4 is 11.7 Å². The second-order valence-electron chi connectivity index (χ2n) is 5.39. The van der Waals surface area contributed by atoms with E-state index < -0.39 is 17.9 Å². The fourth-order valence-corrected chi connectivity index (χ4v) is 2.44. The van der Waals surface area contributed by atoms with E-state index in [1.807, 2.05) is 0 Å². The number of hydrogen-bond donors (Lipinski definition) is 1. The van der Waals surface area contributed by atoms with E-state index in [4.69, 9.17) is 9.47 Å². The van der Waals surface area contributed by atoms with Gasteiger partial charge >= 0.3 is 11.9 Å². The molecule has 2 aromatic rings. The zero-order chi connectivity index (χ0) is 19.2. The number of carbonyl (C=O) groups excluding carboxylic acids is 1. The molecule has 0 radical (unpaired) electrons. The molecule has 0 aliphatic rings. The SMILES string of the molecule is CCOC(=O)C(F)(F)C(Nc1ccccc1OC)c1ccc(OC)cc1. The number of esters is 1. The van der Waals surface area contributed by atoms with Gasteiger partial charge in [0.25, 0.3) is 0 Å². The number of alkyl halides is 2. The summed E-state index contributed by atoms with van der Waals surface area (Å²) in [5.74, 6) is -4.50. The smallest absolute Gasteiger partial charge is 0.379 e. The quantitative estimate of drug-likeness (QED) is 0.715. The molecule has 0 heterocycles. The Morgan fingerprint density at radius 1 is 1.08 bits per heavy atom. The van der Waals surface area contributed by atoms with Crippen molar-refractivity contribution in [3.63, 3.8) is 0 Å². The molecule has 1 atom stereocenters. The van der Waals surface area contributed by atoms with E-state index in [1.54, 1.807) is 36.4 Å². The van der Waals surface area contributed by atoms with Gasteiger partial charge in [0, 0.05) is 0 Å². The Bertz CT molecular complexity index is 735. The number of hydrogen-bond acceptors (Lipinski definition) is 5. The lowest BCUT2D eigenvalue weighted by Crippen LogP contribution is -2.41. The summed E-state index contributed by atoms with van der Waals surface area (Å²) in [5, 5.41) is 2.72. The molecule has 0 amide bonds. The molecule has 0 saturated heterocycles. The van der Waals surface area contributed by atoms with Gasteiger partial charge in [-0.25, -0.2) is 4.79 Å². The molecule has 7 heteroatoms. The minimum atomic E-state index is -3.80. The second-order valence-corrected chi connectivity index (χ2v) is 5.39. The number of anilines is 1. The fraction of sp³-hybridized carbons (Fsp3) is 0.316. The average molecular weight is 365 g/mol. The summed E-state index contributed by atoms with van der Waals surface area (Å²) in [6.45, 7) is 1.34. The summed E-state index contributed by atoms with van der Waals surface area (Å²) < 4.78 is 44.5. The summed E-state index contributed by atoms with van der Waals surface area (Å²) in [6.07, 6.45) is 0. The molecule has 140 valence electrons. The minimum absolute atomic E-state index is 0.140. The van der Waals surface area contributed by atoms with Crippen molar-refractivity contribution < 1.29 is 27.8 Å². The van der Waals surface area contributed by atoms with Crippen LogP contribution in [0.4, 0.5) is 14.5 Å². The number of benzene rings is 2. The van der Waals surface area contributed by atoms with Crippen LogP contribution in [0.3, 0.4) is 0 Å². The molecule has 0 bridgehead atoms. The molecule has 0 aliphatic carbocycles. The maximum Gasteiger partial charge on any atom is 0.379 e. The fourth-order valence-electron chi connectivity index (χ4n) is 2.44. The Hall–Kier alpha value is -2.83. The van der Waals surface area contributed by atoms with E-state index >= 15 is 0 Å². The van der Waals surface area contributed by atoms with Crippen LogP contribution >= 0.6 is 0 Å². The van der Waals surface area contributed by atoms with Gasteiger partial charge < -0.3 is 19.5 Å². The minimum Gasteiger partial charge on any atom is -0.497 e. The molecule has 0 spiro atoms. The van der Waals surface area contributed by atoms with Crippen LogP contribution in [-0.4, -0.2) is 32.7 Å². The first-order valence-corrected chi connectivity index (χ1v) is 8.02. The molecule has 2 rings (SSSR count). The highest BCUT2D eigenvalue weighted by Gasteiger charge is 2.50. The van der Waals surface area contributed by atoms with Crippen molar-refractivity contribution in [1.82, 2.24) is 0 Å². The first-order valence-electron chi connectivity index (χ1n) is 8.02. The van der Waals surface area contributed by atoms with Gasteiger partial charge in [0.2, 0.25) is 0 Å². The number of rotatable bonds is 8. The largest absolute Gasteiger partial charge is 0.497 e. The summed E-state index contributed by atoms with van der Waals surface area (Å²) in [4.78, 5) is 11.9. The number of para-hydroxylation sites is 2. The monoisotopic (exact) mass is 365 g/mol. The van der Waals surface area contributed by atoms with Gasteiger partial charge in [0.05, 0.1) is 26.5 Å². The zero-order valence-electron chi connectivity index (χ0n) is 14.8. The zero-order valence-corrected chi connectivity index (χ0v) is 14.8. The predicted octanol–water partition coefficient (Wildman–Crippen LogP) is 4.06. The maximum absolute atomic E-state index is 14.8. The average Bonchev–Trinajstić information content (AvgIpc) is 2.66. The molecule has 0 saturated carbocycles. The normalized spacial score (nSPS) is 12.2. The summed E-state index contributed by atoms with van der Waals surface area (Å²) in [6, 6.07) is 11.0. The maximum atomic E-state index is 14.8. The van der Waals surface area contributed by atoms with Crippen molar-refractivity contribution in [3.8, 4) is 11.5 Å². The number of nitrogens with one attached hydrogen (secondary N) is 1. The summed E-state index contributed by atoms with van der Waals surface area (Å²) in [7, 11) is 2.92. The van der Waals surface area contributed by atoms with Gasteiger partial charge in [0.15, 0.2) is 0 Å². The Labute approximate surface area is 150 Å². The lowest BCUT2D eigenvalue weighted by molar-refractivity contribution is -0.173. The molecular weight excluding hydrogens is 344 g/mol. The van der Waals surface area contributed by atoms with Crippen molar-refractivity contribution in [2.24, 2.45) is 0 Å². The highest BCUT2D eigenvalue weighted by Crippen LogP contribution is 2.38. The van der Waals surface area contributed by atoms with E-state index in [-0.39, 0.29) is 12.2 Å². The predicted molar refractivity (Wildman–Crippen MR) is 93.9 cm³/mol. The van der Waals surface area contributed by atoms with Crippen molar-refractivity contribution in [3.05, 3.63) is 54.1 Å². The molecule has 0 fully saturated rings. The Kier molecular flexibility index (Phi) is 6.38. The lowest BCUT2D eigenvalue weighted by Gasteiger charge is -2.28. The van der Waals surface area contributed by atoms with Crippen molar-refractivity contribution in [2.45, 2.75) is 18.9 Å². The third-order valence-corrected chi connectivity index (χ3v) is 3.77. The molecule has 5 nitrogen and oxygen atoms in total. The van der Waals surface area contributed by atoms with Crippen LogP contribution in [0.2, 0.25) is 0 Å². The van der Waals surface area contributed by atoms with Gasteiger partial charge in [-0.3, -0.25) is 0 Å². The molecule has 1 N–H and O–H groups in total. The lowest BCUT2D eigenvalue weighted by atomic mass is 9.99. The summed E-state index contributed by atoms with van der Waals surface area (Å²) in [5.41, 5.74) is 0.537. The first-order chi connectivity index (χ1) is 12.4. The van der Waals surface area contributed by atoms with E-state index in [0.717, 1.165) is 0 Å². The number of methoxy groups -OCH3 is 2. The third kappa shape index (κ3) is 4.22. The standard InChI is InChI=1S/C19H21F2NO4/c1-4-26-18(23)19(20,21)17(13-9-11-14(24-2)12-10-13)22-15-7-5-6-8-16(15)25-3/h5-12,17,22H,4H2,1-3H3. The highest BCUT2D eigenvalue weighted by molar-refractivity contribution is 5.80. The number of ether oxygens (including phenoxy) is 3. The molecule has 2 aromatic carbocycles. The van der Waals surface area contributed by atoms with Crippen LogP contribution in [0.15, 0.2) is 48.5 Å². The van der Waals surface area contributed by atoms with Crippen LogP contribution in [-0.2, 0) is 9.53 Å². The van der Waals surface area contributed by atoms with E-state index in [2.05, 4.69) is 10.1 Å². The first kappa shape index (κ1) is 19.5. The Balaban J connectivity index is 2.45. The van der Waals surface area contributed by atoms with Gasteiger partial charge in [0.1, 0.15) is 17.5 Å². The van der Waals surface area contributed by atoms with E-state index in [9.17, 15) is 13.6 Å². The topological polar surface area (TPSA) is 56.8 Å². The van der Waals surface area contributed by atoms with Crippen LogP contribution in [0.1, 0.15) is 18.5 Å². The number of carbonyl (C=O) groups is 1. The van der Waals surface area contributed by atoms with Gasteiger partial charge in [-0.1, -0.05) is 24.3 Å². The Morgan fingerprint density at radius 2 is 1.73 bits per heavy atom. The van der Waals surface area contributed by atoms with Crippen LogP contribution < -0.4 is 14.8 Å². The summed E-state index contributed by atoms with van der Waals surface area (Å²) >= 11 is 0. The molecule has 0 aliphatic heterocycles. The highest BCUT2D eigenvalue weighted by atomic mass is 19.3. The number of halogens is 2. The van der Waals surface area contributed by atoms with Gasteiger partial charge in [-0.05, 0) is 36.8 Å². The molecule has 0 aromatic heterocycles. The van der Waals surface area contributed by atoms with E-state index in [1.165, 1.54) is 33.3 Å². The van der Waals surface area contributed by atoms with Gasteiger partial charge in [-0.15, -0.1) is 0 Å². The molecule has 26 heavy (non-hydrogen) atoms. The van der Waals surface area contributed by atoms with E-state index in [0.29, 0.717) is 17.2 Å². The Morgan fingerprint density at radius 3 is 2.31 bits per heavy atom. The van der Waals surface area contributed by atoms with Crippen LogP contribution in [0.25, 0.3) is 0 Å². The second kappa shape index (κ2) is 8.51. The van der Waals surface area contributed by atoms with Gasteiger partial charge in [-0.2, -0.15) is 8.78 Å².